The molecule has 0 unspecified atom stereocenters. The summed E-state index contributed by atoms with van der Waals surface area (Å²) in [6, 6.07) is 11.1. The molecule has 23 heavy (non-hydrogen) atoms. The van der Waals surface area contributed by atoms with Gasteiger partial charge in [-0.3, -0.25) is 0 Å². The lowest BCUT2D eigenvalue weighted by atomic mass is 10.0. The summed E-state index contributed by atoms with van der Waals surface area (Å²) in [6.45, 7) is 9.75. The number of phenolic OH excluding ortho intramolecular Hbond substituents is 2. The summed E-state index contributed by atoms with van der Waals surface area (Å²) in [5, 5.41) is 18.7. The average Bonchev–Trinajstić information content (AvgIpc) is 2.49. The molecule has 0 aromatic heterocycles. The molecule has 124 valence electrons. The van der Waals surface area contributed by atoms with Gasteiger partial charge in [-0.15, -0.1) is 6.58 Å². The van der Waals surface area contributed by atoms with Gasteiger partial charge in [0.1, 0.15) is 5.75 Å². The van der Waals surface area contributed by atoms with E-state index in [-0.39, 0.29) is 5.75 Å². The van der Waals surface area contributed by atoms with Gasteiger partial charge in [-0.1, -0.05) is 38.1 Å². The van der Waals surface area contributed by atoms with Gasteiger partial charge in [-0.2, -0.15) is 0 Å². The Morgan fingerprint density at radius 3 is 2.30 bits per heavy atom. The molecule has 0 aliphatic heterocycles. The molecule has 0 heterocycles. The van der Waals surface area contributed by atoms with E-state index < -0.39 is 0 Å². The predicted octanol–water partition coefficient (Wildman–Crippen LogP) is 4.95. The topological polar surface area (TPSA) is 49.7 Å². The maximum absolute atomic E-state index is 9.46. The highest BCUT2D eigenvalue weighted by Crippen LogP contribution is 2.26. The molecule has 0 amide bonds. The third kappa shape index (κ3) is 5.70. The summed E-state index contributed by atoms with van der Waals surface area (Å²) in [4.78, 5) is 0. The second kappa shape index (κ2) is 8.89. The number of ether oxygens (including phenoxy) is 1. The van der Waals surface area contributed by atoms with Crippen molar-refractivity contribution in [2.24, 2.45) is 0 Å². The highest BCUT2D eigenvalue weighted by Gasteiger charge is 2.04. The molecule has 0 spiro atoms. The van der Waals surface area contributed by atoms with Crippen LogP contribution in [0.2, 0.25) is 0 Å². The Bertz CT molecular complexity index is 645. The number of benzene rings is 2. The Labute approximate surface area is 138 Å². The molecule has 0 saturated heterocycles. The SMILES string of the molecule is C=CCc1ccc(O)c(OC)c1.Cc1ccc(C(C)C)c(O)c1. The van der Waals surface area contributed by atoms with Crippen LogP contribution < -0.4 is 4.74 Å². The Balaban J connectivity index is 0.000000231. The lowest BCUT2D eigenvalue weighted by Crippen LogP contribution is -1.87. The van der Waals surface area contributed by atoms with E-state index in [4.69, 9.17) is 4.74 Å². The zero-order chi connectivity index (χ0) is 17.4. The maximum atomic E-state index is 9.46. The van der Waals surface area contributed by atoms with Gasteiger partial charge in [0.05, 0.1) is 7.11 Å². The molecular formula is C20H26O3. The summed E-state index contributed by atoms with van der Waals surface area (Å²) in [7, 11) is 1.53. The molecule has 0 bridgehead atoms. The molecule has 0 saturated carbocycles. The molecule has 2 N–H and O–H groups in total. The summed E-state index contributed by atoms with van der Waals surface area (Å²) in [5.41, 5.74) is 3.21. The van der Waals surface area contributed by atoms with Crippen LogP contribution in [0.1, 0.15) is 36.5 Å². The highest BCUT2D eigenvalue weighted by molar-refractivity contribution is 5.42. The molecule has 2 rings (SSSR count). The van der Waals surface area contributed by atoms with Crippen LogP contribution in [0.3, 0.4) is 0 Å². The molecule has 2 aromatic carbocycles. The van der Waals surface area contributed by atoms with Gasteiger partial charge in [-0.05, 0) is 54.2 Å². The van der Waals surface area contributed by atoms with E-state index in [1.54, 1.807) is 18.2 Å². The van der Waals surface area contributed by atoms with Gasteiger partial charge in [0, 0.05) is 0 Å². The normalized spacial score (nSPS) is 9.96. The van der Waals surface area contributed by atoms with Crippen molar-refractivity contribution in [3.63, 3.8) is 0 Å². The van der Waals surface area contributed by atoms with Gasteiger partial charge in [0.15, 0.2) is 11.5 Å². The van der Waals surface area contributed by atoms with Crippen molar-refractivity contribution in [3.8, 4) is 17.2 Å². The highest BCUT2D eigenvalue weighted by atomic mass is 16.5. The average molecular weight is 314 g/mol. The molecule has 0 aliphatic rings. The van der Waals surface area contributed by atoms with Crippen LogP contribution >= 0.6 is 0 Å². The summed E-state index contributed by atoms with van der Waals surface area (Å²) < 4.78 is 4.95. The second-order valence-corrected chi connectivity index (χ2v) is 5.72. The van der Waals surface area contributed by atoms with Crippen LogP contribution in [-0.2, 0) is 6.42 Å². The molecule has 3 heteroatoms. The summed E-state index contributed by atoms with van der Waals surface area (Å²) in [5.74, 6) is 1.50. The third-order valence-electron chi connectivity index (χ3n) is 3.43. The van der Waals surface area contributed by atoms with Gasteiger partial charge >= 0.3 is 0 Å². The van der Waals surface area contributed by atoms with Gasteiger partial charge in [-0.25, -0.2) is 0 Å². The fraction of sp³-hybridized carbons (Fsp3) is 0.300. The number of aryl methyl sites for hydroxylation is 1. The van der Waals surface area contributed by atoms with Crippen LogP contribution in [0.5, 0.6) is 17.2 Å². The minimum atomic E-state index is 0.172. The van der Waals surface area contributed by atoms with Crippen molar-refractivity contribution in [2.75, 3.05) is 7.11 Å². The molecular weight excluding hydrogens is 288 g/mol. The number of aromatic hydroxyl groups is 2. The zero-order valence-electron chi connectivity index (χ0n) is 14.3. The van der Waals surface area contributed by atoms with Crippen molar-refractivity contribution in [1.82, 2.24) is 0 Å². The Hall–Kier alpha value is -2.42. The summed E-state index contributed by atoms with van der Waals surface area (Å²) >= 11 is 0. The van der Waals surface area contributed by atoms with Crippen LogP contribution in [0.15, 0.2) is 49.1 Å². The van der Waals surface area contributed by atoms with Gasteiger partial charge < -0.3 is 14.9 Å². The number of hydrogen-bond acceptors (Lipinski definition) is 3. The molecule has 0 aliphatic carbocycles. The molecule has 3 nitrogen and oxygen atoms in total. The smallest absolute Gasteiger partial charge is 0.160 e. The quantitative estimate of drug-likeness (QED) is 0.785. The Kier molecular flexibility index (Phi) is 7.20. The van der Waals surface area contributed by atoms with E-state index in [1.807, 2.05) is 31.2 Å². The van der Waals surface area contributed by atoms with Crippen LogP contribution in [0, 0.1) is 6.92 Å². The first kappa shape index (κ1) is 18.6. The third-order valence-corrected chi connectivity index (χ3v) is 3.43. The molecule has 0 radical (unpaired) electrons. The standard InChI is InChI=1S/C10H12O2.C10H14O/c1-3-4-8-5-6-9(11)10(7-8)12-2;1-7(2)9-5-4-8(3)6-10(9)11/h3,5-7,11H,1,4H2,2H3;4-7,11H,1-3H3. The first-order valence-electron chi connectivity index (χ1n) is 7.65. The monoisotopic (exact) mass is 314 g/mol. The molecule has 2 aromatic rings. The van der Waals surface area contributed by atoms with Crippen molar-refractivity contribution in [3.05, 3.63) is 65.7 Å². The lowest BCUT2D eigenvalue weighted by molar-refractivity contribution is 0.373. The van der Waals surface area contributed by atoms with Crippen molar-refractivity contribution in [2.45, 2.75) is 33.1 Å². The predicted molar refractivity (Wildman–Crippen MR) is 95.5 cm³/mol. The molecule has 0 atom stereocenters. The van der Waals surface area contributed by atoms with E-state index >= 15 is 0 Å². The Morgan fingerprint density at radius 1 is 1.09 bits per heavy atom. The minimum Gasteiger partial charge on any atom is -0.508 e. The first-order valence-corrected chi connectivity index (χ1v) is 7.65. The number of rotatable bonds is 4. The van der Waals surface area contributed by atoms with Crippen molar-refractivity contribution in [1.29, 1.82) is 0 Å². The van der Waals surface area contributed by atoms with E-state index in [0.717, 1.165) is 23.1 Å². The number of phenols is 2. The van der Waals surface area contributed by atoms with Crippen molar-refractivity contribution < 1.29 is 14.9 Å². The minimum absolute atomic E-state index is 0.172. The van der Waals surface area contributed by atoms with Crippen molar-refractivity contribution >= 4 is 0 Å². The fourth-order valence-electron chi connectivity index (χ4n) is 2.16. The lowest BCUT2D eigenvalue weighted by Gasteiger charge is -2.07. The second-order valence-electron chi connectivity index (χ2n) is 5.72. The van der Waals surface area contributed by atoms with E-state index in [0.29, 0.717) is 17.4 Å². The van der Waals surface area contributed by atoms with Crippen LogP contribution in [0.25, 0.3) is 0 Å². The van der Waals surface area contributed by atoms with E-state index in [2.05, 4.69) is 20.4 Å². The number of hydrogen-bond donors (Lipinski definition) is 2. The van der Waals surface area contributed by atoms with Gasteiger partial charge in [0.2, 0.25) is 0 Å². The van der Waals surface area contributed by atoms with Gasteiger partial charge in [0.25, 0.3) is 0 Å². The van der Waals surface area contributed by atoms with Crippen LogP contribution in [-0.4, -0.2) is 17.3 Å². The number of allylic oxidation sites excluding steroid dienone is 1. The Morgan fingerprint density at radius 2 is 1.78 bits per heavy atom. The largest absolute Gasteiger partial charge is 0.508 e. The molecule has 0 fully saturated rings. The number of methoxy groups -OCH3 is 1. The zero-order valence-corrected chi connectivity index (χ0v) is 14.3. The fourth-order valence-corrected chi connectivity index (χ4v) is 2.16. The van der Waals surface area contributed by atoms with E-state index in [1.165, 1.54) is 7.11 Å². The summed E-state index contributed by atoms with van der Waals surface area (Å²) in [6.07, 6.45) is 2.60. The maximum Gasteiger partial charge on any atom is 0.160 e. The van der Waals surface area contributed by atoms with Crippen LogP contribution in [0.4, 0.5) is 0 Å². The van der Waals surface area contributed by atoms with E-state index in [9.17, 15) is 10.2 Å². The first-order chi connectivity index (χ1) is 10.9.